The van der Waals surface area contributed by atoms with Gasteiger partial charge in [0.05, 0.1) is 5.60 Å². The normalized spacial score (nSPS) is 33.3. The Kier molecular flexibility index (Phi) is 3.76. The molecule has 0 bridgehead atoms. The maximum atomic E-state index is 6.65. The third-order valence-electron chi connectivity index (χ3n) is 5.61. The van der Waals surface area contributed by atoms with E-state index in [0.29, 0.717) is 5.92 Å². The first-order valence-electron chi connectivity index (χ1n) is 8.35. The van der Waals surface area contributed by atoms with Crippen LogP contribution < -0.4 is 5.73 Å². The SMILES string of the molecule is NC(c1ccc2c(c1)CCC2)C1CCOC2(CCSC2)C1. The molecular formula is C18H25NOS. The van der Waals surface area contributed by atoms with E-state index in [1.807, 2.05) is 11.8 Å². The highest BCUT2D eigenvalue weighted by atomic mass is 32.2. The first kappa shape index (κ1) is 14.1. The lowest BCUT2D eigenvalue weighted by Crippen LogP contribution is -2.42. The van der Waals surface area contributed by atoms with E-state index in [4.69, 9.17) is 10.5 Å². The fourth-order valence-electron chi connectivity index (χ4n) is 4.31. The Bertz CT molecular complexity index is 524. The second-order valence-electron chi connectivity index (χ2n) is 6.99. The molecule has 1 aromatic carbocycles. The largest absolute Gasteiger partial charge is 0.374 e. The number of hydrogen-bond donors (Lipinski definition) is 1. The lowest BCUT2D eigenvalue weighted by Gasteiger charge is -2.40. The second kappa shape index (κ2) is 5.60. The number of thioether (sulfide) groups is 1. The topological polar surface area (TPSA) is 35.2 Å². The molecular weight excluding hydrogens is 278 g/mol. The van der Waals surface area contributed by atoms with Crippen LogP contribution in [-0.4, -0.2) is 23.7 Å². The lowest BCUT2D eigenvalue weighted by atomic mass is 9.79. The number of fused-ring (bicyclic) bond motifs is 1. The maximum Gasteiger partial charge on any atom is 0.0783 e. The minimum absolute atomic E-state index is 0.141. The number of benzene rings is 1. The van der Waals surface area contributed by atoms with Crippen molar-refractivity contribution >= 4 is 11.8 Å². The van der Waals surface area contributed by atoms with Crippen LogP contribution in [-0.2, 0) is 17.6 Å². The van der Waals surface area contributed by atoms with Gasteiger partial charge in [-0.2, -0.15) is 11.8 Å². The summed E-state index contributed by atoms with van der Waals surface area (Å²) in [6, 6.07) is 7.17. The van der Waals surface area contributed by atoms with Crippen molar-refractivity contribution < 1.29 is 4.74 Å². The summed E-state index contributed by atoms with van der Waals surface area (Å²) in [7, 11) is 0. The van der Waals surface area contributed by atoms with Gasteiger partial charge in [0.2, 0.25) is 0 Å². The molecule has 2 fully saturated rings. The van der Waals surface area contributed by atoms with E-state index >= 15 is 0 Å². The van der Waals surface area contributed by atoms with Crippen LogP contribution in [0.2, 0.25) is 0 Å². The van der Waals surface area contributed by atoms with Gasteiger partial charge in [-0.1, -0.05) is 18.2 Å². The van der Waals surface area contributed by atoms with Crippen LogP contribution in [0, 0.1) is 5.92 Å². The van der Waals surface area contributed by atoms with Crippen LogP contribution in [0.4, 0.5) is 0 Å². The Morgan fingerprint density at radius 2 is 2.19 bits per heavy atom. The Labute approximate surface area is 131 Å². The number of hydrogen-bond acceptors (Lipinski definition) is 3. The van der Waals surface area contributed by atoms with Crippen molar-refractivity contribution in [2.75, 3.05) is 18.1 Å². The summed E-state index contributed by atoms with van der Waals surface area (Å²) >= 11 is 2.04. The van der Waals surface area contributed by atoms with Gasteiger partial charge in [-0.25, -0.2) is 0 Å². The molecule has 114 valence electrons. The minimum Gasteiger partial charge on any atom is -0.374 e. The smallest absolute Gasteiger partial charge is 0.0783 e. The van der Waals surface area contributed by atoms with Gasteiger partial charge in [-0.05, 0) is 66.9 Å². The summed E-state index contributed by atoms with van der Waals surface area (Å²) in [5.74, 6) is 3.00. The van der Waals surface area contributed by atoms with Crippen molar-refractivity contribution in [1.82, 2.24) is 0 Å². The number of ether oxygens (including phenoxy) is 1. The second-order valence-corrected chi connectivity index (χ2v) is 8.10. The van der Waals surface area contributed by atoms with Crippen LogP contribution >= 0.6 is 11.8 Å². The van der Waals surface area contributed by atoms with E-state index in [-0.39, 0.29) is 11.6 Å². The van der Waals surface area contributed by atoms with E-state index in [9.17, 15) is 0 Å². The fraction of sp³-hybridized carbons (Fsp3) is 0.667. The molecule has 0 radical (unpaired) electrons. The van der Waals surface area contributed by atoms with Gasteiger partial charge in [-0.15, -0.1) is 0 Å². The molecule has 3 aliphatic rings. The molecule has 3 atom stereocenters. The molecule has 0 aromatic heterocycles. The average molecular weight is 303 g/mol. The summed E-state index contributed by atoms with van der Waals surface area (Å²) < 4.78 is 6.14. The molecule has 4 rings (SSSR count). The van der Waals surface area contributed by atoms with Crippen LogP contribution in [0.15, 0.2) is 18.2 Å². The van der Waals surface area contributed by atoms with Gasteiger partial charge in [0.25, 0.3) is 0 Å². The quantitative estimate of drug-likeness (QED) is 0.908. The molecule has 2 saturated heterocycles. The highest BCUT2D eigenvalue weighted by molar-refractivity contribution is 7.99. The summed E-state index contributed by atoms with van der Waals surface area (Å²) in [6.45, 7) is 0.893. The van der Waals surface area contributed by atoms with Crippen molar-refractivity contribution in [2.45, 2.75) is 50.2 Å². The van der Waals surface area contributed by atoms with Crippen LogP contribution in [0.5, 0.6) is 0 Å². The molecule has 2 nitrogen and oxygen atoms in total. The highest BCUT2D eigenvalue weighted by Gasteiger charge is 2.42. The summed E-state index contributed by atoms with van der Waals surface area (Å²) in [6.07, 6.45) is 7.28. The number of rotatable bonds is 2. The Morgan fingerprint density at radius 1 is 1.29 bits per heavy atom. The van der Waals surface area contributed by atoms with Crippen molar-refractivity contribution in [2.24, 2.45) is 11.7 Å². The predicted octanol–water partition coefficient (Wildman–Crippen LogP) is 3.48. The lowest BCUT2D eigenvalue weighted by molar-refractivity contribution is -0.0834. The zero-order valence-corrected chi connectivity index (χ0v) is 13.5. The molecule has 1 spiro atoms. The van der Waals surface area contributed by atoms with Gasteiger partial charge in [0.1, 0.15) is 0 Å². The van der Waals surface area contributed by atoms with E-state index < -0.39 is 0 Å². The van der Waals surface area contributed by atoms with Gasteiger partial charge in [0, 0.05) is 18.4 Å². The van der Waals surface area contributed by atoms with E-state index in [1.54, 1.807) is 11.1 Å². The molecule has 2 heterocycles. The molecule has 2 aliphatic heterocycles. The third kappa shape index (κ3) is 2.64. The summed E-state index contributed by atoms with van der Waals surface area (Å²) in [4.78, 5) is 0. The predicted molar refractivity (Wildman–Crippen MR) is 88.7 cm³/mol. The fourth-order valence-corrected chi connectivity index (χ4v) is 5.68. The first-order valence-corrected chi connectivity index (χ1v) is 9.50. The molecule has 3 heteroatoms. The van der Waals surface area contributed by atoms with Crippen molar-refractivity contribution in [3.8, 4) is 0 Å². The van der Waals surface area contributed by atoms with Crippen LogP contribution in [0.3, 0.4) is 0 Å². The summed E-state index contributed by atoms with van der Waals surface area (Å²) in [5, 5.41) is 0. The molecule has 1 aliphatic carbocycles. The molecule has 0 amide bonds. The zero-order chi connectivity index (χ0) is 14.3. The monoisotopic (exact) mass is 303 g/mol. The van der Waals surface area contributed by atoms with Gasteiger partial charge >= 0.3 is 0 Å². The highest BCUT2D eigenvalue weighted by Crippen LogP contribution is 2.43. The molecule has 1 aromatic rings. The van der Waals surface area contributed by atoms with Crippen molar-refractivity contribution in [3.05, 3.63) is 34.9 Å². The first-order chi connectivity index (χ1) is 10.3. The third-order valence-corrected chi connectivity index (χ3v) is 6.84. The Morgan fingerprint density at radius 3 is 3.05 bits per heavy atom. The van der Waals surface area contributed by atoms with E-state index in [0.717, 1.165) is 19.4 Å². The summed E-state index contributed by atoms with van der Waals surface area (Å²) in [5.41, 5.74) is 11.2. The number of nitrogens with two attached hydrogens (primary N) is 1. The van der Waals surface area contributed by atoms with Crippen LogP contribution in [0.1, 0.15) is 48.4 Å². The van der Waals surface area contributed by atoms with Crippen molar-refractivity contribution in [1.29, 1.82) is 0 Å². The van der Waals surface area contributed by atoms with Gasteiger partial charge in [-0.3, -0.25) is 0 Å². The number of aryl methyl sites for hydroxylation is 2. The zero-order valence-electron chi connectivity index (χ0n) is 12.6. The minimum atomic E-state index is 0.141. The molecule has 0 saturated carbocycles. The maximum absolute atomic E-state index is 6.65. The Balaban J connectivity index is 1.52. The standard InChI is InChI=1S/C18H25NOS/c19-17(15-5-4-13-2-1-3-14(13)10-15)16-6-8-20-18(11-16)7-9-21-12-18/h4-5,10,16-17H,1-3,6-9,11-12,19H2. The average Bonchev–Trinajstić information content (AvgIpc) is 3.15. The van der Waals surface area contributed by atoms with E-state index in [1.165, 1.54) is 42.8 Å². The molecule has 21 heavy (non-hydrogen) atoms. The van der Waals surface area contributed by atoms with Crippen LogP contribution in [0.25, 0.3) is 0 Å². The molecule has 2 N–H and O–H groups in total. The Hall–Kier alpha value is -0.510. The molecule has 3 unspecified atom stereocenters. The van der Waals surface area contributed by atoms with Gasteiger partial charge in [0.15, 0.2) is 0 Å². The van der Waals surface area contributed by atoms with Gasteiger partial charge < -0.3 is 10.5 Å². The van der Waals surface area contributed by atoms with E-state index in [2.05, 4.69) is 18.2 Å². The van der Waals surface area contributed by atoms with Crippen molar-refractivity contribution in [3.63, 3.8) is 0 Å².